The SMILES string of the molecule is [2H]C([2H])(CC(C)=O)C([2H])([2H])C([2H])([2H])n1c(=O)c2c(ncn2CCC)n(C)c1=O. The highest BCUT2D eigenvalue weighted by molar-refractivity contribution is 5.75. The zero-order valence-electron chi connectivity index (χ0n) is 18.7. The number of carbonyl (C=O) groups excluding carboxylic acids is 1. The molecule has 0 atom stereocenters. The quantitative estimate of drug-likeness (QED) is 0.766. The van der Waals surface area contributed by atoms with Gasteiger partial charge in [-0.05, 0) is 26.1 Å². The molecule has 2 rings (SSSR count). The van der Waals surface area contributed by atoms with Gasteiger partial charge < -0.3 is 9.36 Å². The van der Waals surface area contributed by atoms with Crippen LogP contribution in [0.4, 0.5) is 0 Å². The number of ketones is 1. The Bertz CT molecular complexity index is 1040. The summed E-state index contributed by atoms with van der Waals surface area (Å²) < 4.78 is 50.7. The number of aryl methyl sites for hydroxylation is 2. The summed E-state index contributed by atoms with van der Waals surface area (Å²) in [5.41, 5.74) is -2.36. The second-order valence-corrected chi connectivity index (χ2v) is 4.88. The molecule has 0 amide bonds. The predicted molar refractivity (Wildman–Crippen MR) is 84.1 cm³/mol. The minimum Gasteiger partial charge on any atom is -0.325 e. The first-order valence-electron chi connectivity index (χ1n) is 9.87. The summed E-state index contributed by atoms with van der Waals surface area (Å²) in [6.07, 6.45) is -5.29. The molecule has 0 fully saturated rings. The summed E-state index contributed by atoms with van der Waals surface area (Å²) >= 11 is 0. The molecule has 7 heteroatoms. The van der Waals surface area contributed by atoms with Crippen molar-refractivity contribution in [3.63, 3.8) is 0 Å². The molecule has 2 aromatic rings. The van der Waals surface area contributed by atoms with Crippen LogP contribution in [0.2, 0.25) is 0 Å². The van der Waals surface area contributed by atoms with Gasteiger partial charge in [0, 0.05) is 32.0 Å². The van der Waals surface area contributed by atoms with Crippen molar-refractivity contribution >= 4 is 16.9 Å². The molecule has 0 aliphatic carbocycles. The standard InChI is InChI=1S/C15H22N4O3/c1-4-8-18-10-16-13-12(18)14(21)19(15(22)17(13)3)9-6-5-7-11(2)20/h10H,4-9H2,1-3H3/i5D2,6D2,9D2. The first-order valence-corrected chi connectivity index (χ1v) is 6.87. The van der Waals surface area contributed by atoms with Gasteiger partial charge in [0.15, 0.2) is 11.2 Å². The highest BCUT2D eigenvalue weighted by atomic mass is 16.2. The molecule has 0 radical (unpaired) electrons. The highest BCUT2D eigenvalue weighted by Crippen LogP contribution is 2.07. The number of imidazole rings is 1. The summed E-state index contributed by atoms with van der Waals surface area (Å²) in [5, 5.41) is 0. The molecule has 0 N–H and O–H groups in total. The maximum absolute atomic E-state index is 13.0. The van der Waals surface area contributed by atoms with Crippen molar-refractivity contribution in [2.75, 3.05) is 0 Å². The molecular formula is C15H22N4O3. The predicted octanol–water partition coefficient (Wildman–Crippen LogP) is 1.07. The highest BCUT2D eigenvalue weighted by Gasteiger charge is 2.15. The van der Waals surface area contributed by atoms with Gasteiger partial charge in [-0.1, -0.05) is 6.92 Å². The van der Waals surface area contributed by atoms with Crippen LogP contribution >= 0.6 is 0 Å². The van der Waals surface area contributed by atoms with Crippen LogP contribution in [0.5, 0.6) is 0 Å². The molecule has 2 aromatic heterocycles. The molecule has 2 heterocycles. The second kappa shape index (κ2) is 6.72. The molecule has 0 saturated heterocycles. The lowest BCUT2D eigenvalue weighted by molar-refractivity contribution is -0.117. The monoisotopic (exact) mass is 312 g/mol. The van der Waals surface area contributed by atoms with Crippen molar-refractivity contribution in [2.24, 2.45) is 7.05 Å². The summed E-state index contributed by atoms with van der Waals surface area (Å²) in [6.45, 7) is -0.122. The van der Waals surface area contributed by atoms with Crippen LogP contribution in [0.15, 0.2) is 15.9 Å². The zero-order chi connectivity index (χ0) is 21.7. The largest absolute Gasteiger partial charge is 0.332 e. The van der Waals surface area contributed by atoms with Crippen LogP contribution in [-0.4, -0.2) is 24.5 Å². The fourth-order valence-corrected chi connectivity index (χ4v) is 2.04. The van der Waals surface area contributed by atoms with Gasteiger partial charge in [-0.25, -0.2) is 9.78 Å². The number of carbonyl (C=O) groups is 1. The Kier molecular flexibility index (Phi) is 2.98. The lowest BCUT2D eigenvalue weighted by atomic mass is 10.2. The molecule has 120 valence electrons. The van der Waals surface area contributed by atoms with Crippen molar-refractivity contribution in [3.05, 3.63) is 27.2 Å². The van der Waals surface area contributed by atoms with Gasteiger partial charge in [0.05, 0.1) is 9.07 Å². The summed E-state index contributed by atoms with van der Waals surface area (Å²) in [4.78, 5) is 41.0. The van der Waals surface area contributed by atoms with E-state index < -0.39 is 42.7 Å². The summed E-state index contributed by atoms with van der Waals surface area (Å²) in [6, 6.07) is 0. The number of nitrogens with zero attached hydrogens (tertiary/aromatic N) is 4. The van der Waals surface area contributed by atoms with Crippen LogP contribution in [0.1, 0.15) is 47.7 Å². The van der Waals surface area contributed by atoms with Gasteiger partial charge in [-0.15, -0.1) is 0 Å². The van der Waals surface area contributed by atoms with Gasteiger partial charge in [0.2, 0.25) is 0 Å². The molecule has 0 aliphatic rings. The maximum atomic E-state index is 13.0. The van der Waals surface area contributed by atoms with E-state index in [1.54, 1.807) is 0 Å². The maximum Gasteiger partial charge on any atom is 0.332 e. The Labute approximate surface area is 136 Å². The van der Waals surface area contributed by atoms with Crippen molar-refractivity contribution in [2.45, 2.75) is 52.5 Å². The number of hydrogen-bond acceptors (Lipinski definition) is 4. The van der Waals surface area contributed by atoms with E-state index in [-0.39, 0.29) is 15.7 Å². The van der Waals surface area contributed by atoms with Crippen LogP contribution < -0.4 is 11.2 Å². The van der Waals surface area contributed by atoms with E-state index in [0.29, 0.717) is 13.0 Å². The number of fused-ring (bicyclic) bond motifs is 1. The van der Waals surface area contributed by atoms with Gasteiger partial charge in [-0.2, -0.15) is 0 Å². The number of rotatable bonds is 7. The van der Waals surface area contributed by atoms with Gasteiger partial charge >= 0.3 is 5.69 Å². The third-order valence-electron chi connectivity index (χ3n) is 3.08. The molecule has 7 nitrogen and oxygen atoms in total. The van der Waals surface area contributed by atoms with Crippen molar-refractivity contribution in [3.8, 4) is 0 Å². The van der Waals surface area contributed by atoms with E-state index in [4.69, 9.17) is 8.22 Å². The lowest BCUT2D eigenvalue weighted by Gasteiger charge is -2.09. The van der Waals surface area contributed by atoms with E-state index in [1.807, 2.05) is 6.92 Å². The van der Waals surface area contributed by atoms with Gasteiger partial charge in [0.1, 0.15) is 5.78 Å². The van der Waals surface area contributed by atoms with Crippen LogP contribution in [0.25, 0.3) is 11.2 Å². The third kappa shape index (κ3) is 3.03. The Morgan fingerprint density at radius 1 is 1.36 bits per heavy atom. The molecular weight excluding hydrogens is 284 g/mol. The Morgan fingerprint density at radius 2 is 2.09 bits per heavy atom. The molecule has 0 spiro atoms. The van der Waals surface area contributed by atoms with Gasteiger partial charge in [-0.3, -0.25) is 13.9 Å². The molecule has 0 unspecified atom stereocenters. The van der Waals surface area contributed by atoms with E-state index >= 15 is 0 Å². The molecule has 0 aromatic carbocycles. The Morgan fingerprint density at radius 3 is 2.73 bits per heavy atom. The number of Topliss-reactive ketones (excluding diaryl/α,β-unsaturated/α-hetero) is 1. The number of aromatic nitrogens is 4. The first kappa shape index (κ1) is 9.76. The Balaban J connectivity index is 2.85. The van der Waals surface area contributed by atoms with Crippen molar-refractivity contribution in [1.29, 1.82) is 0 Å². The molecule has 22 heavy (non-hydrogen) atoms. The average molecular weight is 312 g/mol. The lowest BCUT2D eigenvalue weighted by Crippen LogP contribution is -2.39. The van der Waals surface area contributed by atoms with Crippen LogP contribution in [0, 0.1) is 0 Å². The fraction of sp³-hybridized carbons (Fsp3) is 0.600. The second-order valence-electron chi connectivity index (χ2n) is 4.88. The fourth-order valence-electron chi connectivity index (χ4n) is 2.04. The topological polar surface area (TPSA) is 78.9 Å². The molecule has 0 bridgehead atoms. The normalized spacial score (nSPS) is 17.2. The Hall–Kier alpha value is -2.18. The van der Waals surface area contributed by atoms with E-state index in [1.165, 1.54) is 17.9 Å². The minimum atomic E-state index is -3.38. The van der Waals surface area contributed by atoms with Crippen LogP contribution in [-0.2, 0) is 24.9 Å². The smallest absolute Gasteiger partial charge is 0.325 e. The van der Waals surface area contributed by atoms with E-state index in [2.05, 4.69) is 4.98 Å². The molecule has 0 saturated carbocycles. The summed E-state index contributed by atoms with van der Waals surface area (Å²) in [5.74, 6) is -0.693. The van der Waals surface area contributed by atoms with Crippen molar-refractivity contribution in [1.82, 2.24) is 18.7 Å². The zero-order valence-corrected chi connectivity index (χ0v) is 12.7. The van der Waals surface area contributed by atoms with Crippen LogP contribution in [0.3, 0.4) is 0 Å². The average Bonchev–Trinajstić information content (AvgIpc) is 2.95. The first-order chi connectivity index (χ1) is 12.7. The van der Waals surface area contributed by atoms with E-state index in [0.717, 1.165) is 11.5 Å². The third-order valence-corrected chi connectivity index (χ3v) is 3.08. The van der Waals surface area contributed by atoms with Gasteiger partial charge in [0.25, 0.3) is 5.56 Å². The minimum absolute atomic E-state index is 0.0165. The number of hydrogen-bond donors (Lipinski definition) is 0. The van der Waals surface area contributed by atoms with Crippen molar-refractivity contribution < 1.29 is 13.0 Å². The van der Waals surface area contributed by atoms with E-state index in [9.17, 15) is 14.4 Å². The molecule has 0 aliphatic heterocycles. The summed E-state index contributed by atoms with van der Waals surface area (Å²) in [7, 11) is 1.26.